The van der Waals surface area contributed by atoms with E-state index in [1.165, 1.54) is 6.20 Å². The first-order valence-electron chi connectivity index (χ1n) is 7.15. The van der Waals surface area contributed by atoms with Crippen LogP contribution in [-0.4, -0.2) is 17.9 Å². The lowest BCUT2D eigenvalue weighted by Crippen LogP contribution is -2.12. The lowest BCUT2D eigenvalue weighted by atomic mass is 10.3. The van der Waals surface area contributed by atoms with Crippen molar-refractivity contribution in [1.29, 1.82) is 0 Å². The summed E-state index contributed by atoms with van der Waals surface area (Å²) in [6.45, 7) is 0. The summed E-state index contributed by atoms with van der Waals surface area (Å²) in [4.78, 5) is 18.0. The molecule has 8 heteroatoms. The summed E-state index contributed by atoms with van der Waals surface area (Å²) in [7, 11) is 1.80. The molecule has 5 nitrogen and oxygen atoms in total. The van der Waals surface area contributed by atoms with Crippen molar-refractivity contribution in [2.45, 2.75) is 0 Å². The minimum Gasteiger partial charge on any atom is -0.416 e. The fourth-order valence-corrected chi connectivity index (χ4v) is 2.50. The summed E-state index contributed by atoms with van der Waals surface area (Å²) in [6, 6.07) is 12.0. The van der Waals surface area contributed by atoms with Crippen LogP contribution < -0.4 is 10.2 Å². The molecule has 25 heavy (non-hydrogen) atoms. The van der Waals surface area contributed by atoms with E-state index >= 15 is 0 Å². The van der Waals surface area contributed by atoms with Crippen LogP contribution >= 0.6 is 34.8 Å². The molecular formula is C17H12Cl3N3O2. The third-order valence-corrected chi connectivity index (χ3v) is 4.40. The number of halogens is 3. The van der Waals surface area contributed by atoms with Crippen molar-refractivity contribution >= 4 is 58.0 Å². The van der Waals surface area contributed by atoms with E-state index in [4.69, 9.17) is 39.2 Å². The predicted molar refractivity (Wildman–Crippen MR) is 100 cm³/mol. The predicted octanol–water partition coefficient (Wildman–Crippen LogP) is 5.66. The largest absolute Gasteiger partial charge is 0.416 e. The van der Waals surface area contributed by atoms with E-state index in [1.54, 1.807) is 42.3 Å². The Kier molecular flexibility index (Phi) is 5.18. The Labute approximate surface area is 159 Å². The number of hydrogen-bond donors (Lipinski definition) is 1. The molecule has 1 amide bonds. The maximum atomic E-state index is 12.2. The molecule has 3 aromatic rings. The van der Waals surface area contributed by atoms with E-state index in [-0.39, 0.29) is 5.89 Å². The van der Waals surface area contributed by atoms with Gasteiger partial charge < -0.3 is 14.6 Å². The summed E-state index contributed by atoms with van der Waals surface area (Å²) in [5.41, 5.74) is 1.34. The molecule has 0 spiro atoms. The lowest BCUT2D eigenvalue weighted by Gasteiger charge is -2.15. The van der Waals surface area contributed by atoms with Crippen molar-refractivity contribution in [2.75, 3.05) is 17.3 Å². The van der Waals surface area contributed by atoms with E-state index in [2.05, 4.69) is 10.3 Å². The van der Waals surface area contributed by atoms with Crippen molar-refractivity contribution < 1.29 is 9.21 Å². The molecule has 0 bridgehead atoms. The first kappa shape index (κ1) is 17.6. The van der Waals surface area contributed by atoms with Crippen molar-refractivity contribution in [2.24, 2.45) is 0 Å². The van der Waals surface area contributed by atoms with Crippen LogP contribution in [0.15, 0.2) is 53.1 Å². The lowest BCUT2D eigenvalue weighted by molar-refractivity contribution is 0.0991. The number of aromatic nitrogens is 1. The highest BCUT2D eigenvalue weighted by atomic mass is 35.5. The zero-order valence-corrected chi connectivity index (χ0v) is 15.2. The van der Waals surface area contributed by atoms with Gasteiger partial charge >= 0.3 is 5.91 Å². The SMILES string of the molecule is CN(c1ccc(Cl)cc1)c1cnc(C(=O)Nc2ccc(Cl)c(Cl)c2)o1. The van der Waals surface area contributed by atoms with Crippen molar-refractivity contribution in [3.8, 4) is 0 Å². The fourth-order valence-electron chi connectivity index (χ4n) is 2.08. The molecule has 0 fully saturated rings. The molecular weight excluding hydrogens is 385 g/mol. The Morgan fingerprint density at radius 2 is 1.80 bits per heavy atom. The molecule has 0 aliphatic heterocycles. The maximum Gasteiger partial charge on any atom is 0.311 e. The third-order valence-electron chi connectivity index (χ3n) is 3.41. The smallest absolute Gasteiger partial charge is 0.311 e. The van der Waals surface area contributed by atoms with Gasteiger partial charge in [-0.2, -0.15) is 0 Å². The number of rotatable bonds is 4. The standard InChI is InChI=1S/C17H12Cl3N3O2/c1-23(12-5-2-10(18)3-6-12)15-9-21-17(25-15)16(24)22-11-4-7-13(19)14(20)8-11/h2-9H,1H3,(H,22,24). The van der Waals surface area contributed by atoms with Crippen LogP contribution in [0.3, 0.4) is 0 Å². The minimum atomic E-state index is -0.492. The number of oxazole rings is 1. The average Bonchev–Trinajstić information content (AvgIpc) is 3.08. The summed E-state index contributed by atoms with van der Waals surface area (Å²) in [5, 5.41) is 4.03. The number of nitrogens with zero attached hydrogens (tertiary/aromatic N) is 2. The number of benzene rings is 2. The molecule has 0 aliphatic carbocycles. The Morgan fingerprint density at radius 3 is 2.48 bits per heavy atom. The van der Waals surface area contributed by atoms with Crippen LogP contribution in [0.4, 0.5) is 17.3 Å². The van der Waals surface area contributed by atoms with Crippen molar-refractivity contribution in [3.63, 3.8) is 0 Å². The van der Waals surface area contributed by atoms with Crippen molar-refractivity contribution in [3.05, 3.63) is 69.6 Å². The summed E-state index contributed by atoms with van der Waals surface area (Å²) in [5.74, 6) is -0.141. The number of hydrogen-bond acceptors (Lipinski definition) is 4. The molecule has 2 aromatic carbocycles. The highest BCUT2D eigenvalue weighted by molar-refractivity contribution is 6.42. The Morgan fingerprint density at radius 1 is 1.08 bits per heavy atom. The molecule has 3 rings (SSSR count). The topological polar surface area (TPSA) is 58.4 Å². The number of carbonyl (C=O) groups excluding carboxylic acids is 1. The van der Waals surface area contributed by atoms with Gasteiger partial charge in [-0.25, -0.2) is 4.98 Å². The molecule has 0 saturated carbocycles. The maximum absolute atomic E-state index is 12.2. The average molecular weight is 397 g/mol. The summed E-state index contributed by atoms with van der Waals surface area (Å²) < 4.78 is 5.53. The zero-order chi connectivity index (χ0) is 18.0. The van der Waals surface area contributed by atoms with Crippen LogP contribution in [0.2, 0.25) is 15.1 Å². The molecule has 0 unspecified atom stereocenters. The second kappa shape index (κ2) is 7.35. The number of carbonyl (C=O) groups is 1. The van der Waals surface area contributed by atoms with E-state index in [0.717, 1.165) is 5.69 Å². The quantitative estimate of drug-likeness (QED) is 0.618. The molecule has 128 valence electrons. The van der Waals surface area contributed by atoms with Gasteiger partial charge in [-0.3, -0.25) is 4.79 Å². The molecule has 1 heterocycles. The van der Waals surface area contributed by atoms with E-state index < -0.39 is 5.91 Å². The number of anilines is 3. The monoisotopic (exact) mass is 395 g/mol. The fraction of sp³-hybridized carbons (Fsp3) is 0.0588. The summed E-state index contributed by atoms with van der Waals surface area (Å²) in [6.07, 6.45) is 1.47. The zero-order valence-electron chi connectivity index (χ0n) is 13.0. The molecule has 0 saturated heterocycles. The number of amides is 1. The van der Waals surface area contributed by atoms with Crippen LogP contribution in [-0.2, 0) is 0 Å². The van der Waals surface area contributed by atoms with Crippen LogP contribution in [0, 0.1) is 0 Å². The van der Waals surface area contributed by atoms with Crippen LogP contribution in [0.1, 0.15) is 10.7 Å². The molecule has 1 N–H and O–H groups in total. The molecule has 1 aromatic heterocycles. The van der Waals surface area contributed by atoms with Gasteiger partial charge in [0.1, 0.15) is 0 Å². The van der Waals surface area contributed by atoms with E-state index in [0.29, 0.717) is 26.6 Å². The Balaban J connectivity index is 1.74. The minimum absolute atomic E-state index is 0.0677. The highest BCUT2D eigenvalue weighted by Crippen LogP contribution is 2.27. The second-order valence-corrected chi connectivity index (χ2v) is 6.37. The summed E-state index contributed by atoms with van der Waals surface area (Å²) >= 11 is 17.7. The second-order valence-electron chi connectivity index (χ2n) is 5.12. The van der Waals surface area contributed by atoms with Crippen LogP contribution in [0.5, 0.6) is 0 Å². The van der Waals surface area contributed by atoms with Crippen molar-refractivity contribution in [1.82, 2.24) is 4.98 Å². The number of nitrogens with one attached hydrogen (secondary N) is 1. The normalized spacial score (nSPS) is 10.6. The highest BCUT2D eigenvalue weighted by Gasteiger charge is 2.16. The van der Waals surface area contributed by atoms with Gasteiger partial charge in [0.2, 0.25) is 5.88 Å². The van der Waals surface area contributed by atoms with Gasteiger partial charge in [-0.15, -0.1) is 0 Å². The van der Waals surface area contributed by atoms with Gasteiger partial charge in [-0.05, 0) is 42.5 Å². The van der Waals surface area contributed by atoms with Gasteiger partial charge in [-0.1, -0.05) is 34.8 Å². The first-order valence-corrected chi connectivity index (χ1v) is 8.29. The molecule has 0 aliphatic rings. The first-order chi connectivity index (χ1) is 11.9. The van der Waals surface area contributed by atoms with Gasteiger partial charge in [0.25, 0.3) is 5.89 Å². The molecule has 0 radical (unpaired) electrons. The van der Waals surface area contributed by atoms with Gasteiger partial charge in [0, 0.05) is 23.4 Å². The van der Waals surface area contributed by atoms with Crippen LogP contribution in [0.25, 0.3) is 0 Å². The van der Waals surface area contributed by atoms with E-state index in [9.17, 15) is 4.79 Å². The third kappa shape index (κ3) is 4.07. The van der Waals surface area contributed by atoms with E-state index in [1.807, 2.05) is 12.1 Å². The Hall–Kier alpha value is -2.21. The van der Waals surface area contributed by atoms with Gasteiger partial charge in [0.05, 0.1) is 16.2 Å². The molecule has 0 atom stereocenters. The Bertz CT molecular complexity index is 910. The van der Waals surface area contributed by atoms with Gasteiger partial charge in [0.15, 0.2) is 0 Å².